The highest BCUT2D eigenvalue weighted by Gasteiger charge is 2.37. The van der Waals surface area contributed by atoms with Crippen LogP contribution in [0, 0.1) is 0 Å². The molecular weight excluding hydrogens is 213 g/mol. The van der Waals surface area contributed by atoms with Gasteiger partial charge in [-0.25, -0.2) is 0 Å². The van der Waals surface area contributed by atoms with Gasteiger partial charge in [0.2, 0.25) is 0 Å². The molecule has 0 aromatic carbocycles. The lowest BCUT2D eigenvalue weighted by molar-refractivity contribution is 0.105. The van der Waals surface area contributed by atoms with Crippen molar-refractivity contribution < 1.29 is 14.4 Å². The van der Waals surface area contributed by atoms with Crippen LogP contribution in [-0.2, 0) is 4.57 Å². The van der Waals surface area contributed by atoms with Crippen LogP contribution < -0.4 is 0 Å². The molecule has 0 rings (SSSR count). The second-order valence-electron chi connectivity index (χ2n) is 3.93. The summed E-state index contributed by atoms with van der Waals surface area (Å²) in [6.07, 6.45) is 1.52. The molecule has 4 nitrogen and oxygen atoms in total. The molecule has 0 aliphatic rings. The van der Waals surface area contributed by atoms with Crippen molar-refractivity contribution in [3.63, 3.8) is 0 Å². The van der Waals surface area contributed by atoms with E-state index in [2.05, 4.69) is 4.90 Å². The van der Waals surface area contributed by atoms with E-state index in [1.807, 2.05) is 27.7 Å². The first-order valence-corrected chi connectivity index (χ1v) is 7.44. The fraction of sp³-hybridized carbons (Fsp3) is 1.00. The third kappa shape index (κ3) is 4.23. The van der Waals surface area contributed by atoms with Crippen molar-refractivity contribution in [3.8, 4) is 0 Å². The van der Waals surface area contributed by atoms with Crippen molar-refractivity contribution in [2.75, 3.05) is 19.3 Å². The topological polar surface area (TPSA) is 60.8 Å². The molecule has 0 bridgehead atoms. The zero-order valence-corrected chi connectivity index (χ0v) is 11.1. The molecule has 0 aromatic rings. The Morgan fingerprint density at radius 1 is 1.07 bits per heavy atom. The molecular formula is C10H24NO3P. The van der Waals surface area contributed by atoms with Crippen molar-refractivity contribution in [2.24, 2.45) is 0 Å². The predicted octanol–water partition coefficient (Wildman–Crippen LogP) is 2.06. The molecule has 0 unspecified atom stereocenters. The number of hydrogen-bond donors (Lipinski definition) is 2. The zero-order chi connectivity index (χ0) is 12.1. The minimum absolute atomic E-state index is 0.0331. The Morgan fingerprint density at radius 3 is 1.67 bits per heavy atom. The van der Waals surface area contributed by atoms with Crippen molar-refractivity contribution in [3.05, 3.63) is 0 Å². The van der Waals surface area contributed by atoms with E-state index in [9.17, 15) is 4.57 Å². The van der Waals surface area contributed by atoms with Crippen LogP contribution in [0.25, 0.3) is 0 Å². The van der Waals surface area contributed by atoms with E-state index in [1.54, 1.807) is 0 Å². The molecule has 0 saturated carbocycles. The Bertz CT molecular complexity index is 219. The number of nitrogens with zero attached hydrogens (tertiary/aromatic N) is 1. The second kappa shape index (κ2) is 6.00. The highest BCUT2D eigenvalue weighted by Crippen LogP contribution is 2.43. The van der Waals surface area contributed by atoms with E-state index in [0.29, 0.717) is 0 Å². The molecule has 0 spiro atoms. The molecule has 0 atom stereocenters. The molecule has 0 radical (unpaired) electrons. The zero-order valence-electron chi connectivity index (χ0n) is 10.2. The minimum atomic E-state index is -3.94. The Morgan fingerprint density at radius 2 is 1.47 bits per heavy atom. The van der Waals surface area contributed by atoms with Gasteiger partial charge in [-0.3, -0.25) is 9.46 Å². The summed E-state index contributed by atoms with van der Waals surface area (Å²) in [5.41, 5.74) is -0.345. The molecule has 0 aromatic heterocycles. The minimum Gasteiger partial charge on any atom is -0.324 e. The maximum atomic E-state index is 11.2. The Hall–Kier alpha value is 0.110. The van der Waals surface area contributed by atoms with Gasteiger partial charge in [-0.2, -0.15) is 0 Å². The number of hydrogen-bond acceptors (Lipinski definition) is 2. The van der Waals surface area contributed by atoms with Crippen LogP contribution in [0.3, 0.4) is 0 Å². The highest BCUT2D eigenvalue weighted by molar-refractivity contribution is 7.51. The summed E-state index contributed by atoms with van der Waals surface area (Å²) in [7, 11) is -3.94. The molecule has 0 fully saturated rings. The lowest BCUT2D eigenvalue weighted by atomic mass is 9.93. The Kier molecular flexibility index (Phi) is 6.04. The van der Waals surface area contributed by atoms with Gasteiger partial charge in [0.25, 0.3) is 0 Å². The summed E-state index contributed by atoms with van der Waals surface area (Å²) in [5.74, 6) is 0. The van der Waals surface area contributed by atoms with Crippen molar-refractivity contribution in [1.82, 2.24) is 4.90 Å². The summed E-state index contributed by atoms with van der Waals surface area (Å²) >= 11 is 0. The smallest absolute Gasteiger partial charge is 0.324 e. The highest BCUT2D eigenvalue weighted by atomic mass is 31.2. The van der Waals surface area contributed by atoms with Crippen molar-refractivity contribution in [2.45, 2.75) is 46.1 Å². The van der Waals surface area contributed by atoms with Gasteiger partial charge in [0.15, 0.2) is 0 Å². The van der Waals surface area contributed by atoms with E-state index in [0.717, 1.165) is 25.9 Å². The van der Waals surface area contributed by atoms with Crippen LogP contribution in [0.2, 0.25) is 0 Å². The monoisotopic (exact) mass is 237 g/mol. The molecule has 0 aliphatic heterocycles. The summed E-state index contributed by atoms with van der Waals surface area (Å²) in [6, 6.07) is 0. The Balaban J connectivity index is 4.94. The van der Waals surface area contributed by atoms with E-state index in [-0.39, 0.29) is 11.7 Å². The van der Waals surface area contributed by atoms with Crippen LogP contribution in [0.5, 0.6) is 0 Å². The van der Waals surface area contributed by atoms with Crippen LogP contribution in [0.15, 0.2) is 0 Å². The van der Waals surface area contributed by atoms with Crippen LogP contribution >= 0.6 is 7.60 Å². The molecule has 2 N–H and O–H groups in total. The molecule has 0 aliphatic carbocycles. The molecule has 92 valence electrons. The fourth-order valence-electron chi connectivity index (χ4n) is 2.30. The fourth-order valence-corrected chi connectivity index (χ4v) is 3.71. The third-order valence-corrected chi connectivity index (χ3v) is 4.25. The first kappa shape index (κ1) is 15.1. The summed E-state index contributed by atoms with van der Waals surface area (Å²) in [4.78, 5) is 20.4. The maximum Gasteiger partial charge on any atom is 0.327 e. The third-order valence-electron chi connectivity index (χ3n) is 3.25. The summed E-state index contributed by atoms with van der Waals surface area (Å²) in [6.45, 7) is 9.72. The summed E-state index contributed by atoms with van der Waals surface area (Å²) in [5, 5.41) is 0. The molecule has 0 saturated heterocycles. The average Bonchev–Trinajstić information content (AvgIpc) is 2.16. The first-order valence-electron chi connectivity index (χ1n) is 5.64. The molecule has 15 heavy (non-hydrogen) atoms. The van der Waals surface area contributed by atoms with E-state index < -0.39 is 7.60 Å². The number of rotatable bonds is 7. The van der Waals surface area contributed by atoms with E-state index >= 15 is 0 Å². The van der Waals surface area contributed by atoms with Gasteiger partial charge < -0.3 is 9.79 Å². The van der Waals surface area contributed by atoms with Gasteiger partial charge in [-0.15, -0.1) is 0 Å². The second-order valence-corrected chi connectivity index (χ2v) is 5.57. The summed E-state index contributed by atoms with van der Waals surface area (Å²) < 4.78 is 11.2. The van der Waals surface area contributed by atoms with E-state index in [4.69, 9.17) is 9.79 Å². The van der Waals surface area contributed by atoms with Crippen molar-refractivity contribution in [1.29, 1.82) is 0 Å². The van der Waals surface area contributed by atoms with Gasteiger partial charge in [-0.1, -0.05) is 27.7 Å². The van der Waals surface area contributed by atoms with Crippen molar-refractivity contribution >= 4 is 7.60 Å². The van der Waals surface area contributed by atoms with Gasteiger partial charge >= 0.3 is 7.60 Å². The SMILES string of the molecule is CCN(CC)C(CC)(CC)CP(=O)(O)O. The van der Waals surface area contributed by atoms with Gasteiger partial charge in [0.1, 0.15) is 0 Å². The van der Waals surface area contributed by atoms with Gasteiger partial charge in [-0.05, 0) is 25.9 Å². The quantitative estimate of drug-likeness (QED) is 0.665. The molecule has 0 amide bonds. The largest absolute Gasteiger partial charge is 0.327 e. The van der Waals surface area contributed by atoms with Gasteiger partial charge in [0.05, 0.1) is 6.16 Å². The lowest BCUT2D eigenvalue weighted by Crippen LogP contribution is -2.50. The maximum absolute atomic E-state index is 11.2. The average molecular weight is 237 g/mol. The molecule has 5 heteroatoms. The molecule has 0 heterocycles. The van der Waals surface area contributed by atoms with Crippen LogP contribution in [0.1, 0.15) is 40.5 Å². The normalized spacial score (nSPS) is 13.5. The standard InChI is InChI=1S/C10H24NO3P/c1-5-10(6-2,9-15(12,13)14)11(7-3)8-4/h5-9H2,1-4H3,(H2,12,13,14). The first-order chi connectivity index (χ1) is 6.85. The lowest BCUT2D eigenvalue weighted by Gasteiger charge is -2.42. The Labute approximate surface area is 92.8 Å². The predicted molar refractivity (Wildman–Crippen MR) is 63.1 cm³/mol. The van der Waals surface area contributed by atoms with Crippen LogP contribution in [0.4, 0.5) is 0 Å². The van der Waals surface area contributed by atoms with Gasteiger partial charge in [0, 0.05) is 5.54 Å². The van der Waals surface area contributed by atoms with Crippen LogP contribution in [-0.4, -0.2) is 39.5 Å². The van der Waals surface area contributed by atoms with E-state index in [1.165, 1.54) is 0 Å².